The summed E-state index contributed by atoms with van der Waals surface area (Å²) in [7, 11) is 3.28. The summed E-state index contributed by atoms with van der Waals surface area (Å²) < 4.78 is 35.9. The molecular weight excluding hydrogens is 268 g/mol. The van der Waals surface area contributed by atoms with Crippen molar-refractivity contribution in [2.24, 2.45) is 7.05 Å². The maximum absolute atomic E-state index is 12.3. The summed E-state index contributed by atoms with van der Waals surface area (Å²) in [6, 6.07) is 4.76. The Morgan fingerprint density at radius 1 is 1.35 bits per heavy atom. The van der Waals surface area contributed by atoms with Crippen molar-refractivity contribution < 1.29 is 18.3 Å². The molecule has 108 valence electrons. The molecule has 1 aromatic heterocycles. The summed E-state index contributed by atoms with van der Waals surface area (Å²) in [5, 5.41) is 3.09. The molecule has 1 aromatic carbocycles. The molecule has 0 unspecified atom stereocenters. The van der Waals surface area contributed by atoms with Gasteiger partial charge in [-0.1, -0.05) is 0 Å². The Labute approximate surface area is 115 Å². The maximum atomic E-state index is 12.3. The number of hydrogen-bond donors (Lipinski definition) is 1. The number of anilines is 1. The zero-order valence-electron chi connectivity index (χ0n) is 11.1. The number of nitrogens with zero attached hydrogens (tertiary/aromatic N) is 2. The van der Waals surface area contributed by atoms with E-state index in [2.05, 4.69) is 15.0 Å². The minimum absolute atomic E-state index is 0.00709. The van der Waals surface area contributed by atoms with Gasteiger partial charge in [-0.15, -0.1) is 0 Å². The van der Waals surface area contributed by atoms with E-state index in [1.807, 2.05) is 17.8 Å². The van der Waals surface area contributed by atoms with Crippen LogP contribution in [0.1, 0.15) is 5.82 Å². The second-order valence-corrected chi connectivity index (χ2v) is 4.05. The summed E-state index contributed by atoms with van der Waals surface area (Å²) in [6.07, 6.45) is 3.52. The Morgan fingerprint density at radius 3 is 2.75 bits per heavy atom. The smallest absolute Gasteiger partial charge is 0.387 e. The minimum Gasteiger partial charge on any atom is -0.493 e. The Hall–Kier alpha value is -2.31. The van der Waals surface area contributed by atoms with Crippen molar-refractivity contribution in [3.8, 4) is 11.5 Å². The van der Waals surface area contributed by atoms with E-state index < -0.39 is 6.61 Å². The summed E-state index contributed by atoms with van der Waals surface area (Å²) in [4.78, 5) is 4.16. The van der Waals surface area contributed by atoms with Gasteiger partial charge < -0.3 is 19.4 Å². The van der Waals surface area contributed by atoms with Crippen molar-refractivity contribution >= 4 is 5.69 Å². The number of methoxy groups -OCH3 is 1. The van der Waals surface area contributed by atoms with E-state index in [1.165, 1.54) is 13.2 Å². The highest BCUT2D eigenvalue weighted by Crippen LogP contribution is 2.31. The molecule has 1 N–H and O–H groups in total. The number of ether oxygens (including phenoxy) is 2. The Bertz CT molecular complexity index is 572. The minimum atomic E-state index is -2.89. The van der Waals surface area contributed by atoms with Gasteiger partial charge in [-0.25, -0.2) is 4.98 Å². The lowest BCUT2D eigenvalue weighted by Crippen LogP contribution is -2.07. The van der Waals surface area contributed by atoms with Crippen LogP contribution in [0.5, 0.6) is 11.5 Å². The van der Waals surface area contributed by atoms with Gasteiger partial charge in [0.1, 0.15) is 5.82 Å². The predicted molar refractivity (Wildman–Crippen MR) is 70.2 cm³/mol. The van der Waals surface area contributed by atoms with Crippen LogP contribution in [0.25, 0.3) is 0 Å². The number of rotatable bonds is 6. The van der Waals surface area contributed by atoms with E-state index in [9.17, 15) is 8.78 Å². The van der Waals surface area contributed by atoms with Crippen molar-refractivity contribution in [1.82, 2.24) is 9.55 Å². The number of halogens is 2. The topological polar surface area (TPSA) is 48.3 Å². The van der Waals surface area contributed by atoms with Gasteiger partial charge in [0.25, 0.3) is 0 Å². The van der Waals surface area contributed by atoms with Crippen LogP contribution >= 0.6 is 0 Å². The number of aromatic nitrogens is 2. The standard InChI is InChI=1S/C13H15F2N3O2/c1-18-6-5-16-12(18)8-17-9-3-4-10(19-2)11(7-9)20-13(14)15/h3-7,13,17H,8H2,1-2H3. The van der Waals surface area contributed by atoms with E-state index in [1.54, 1.807) is 18.3 Å². The molecule has 0 amide bonds. The average molecular weight is 283 g/mol. The third-order valence-electron chi connectivity index (χ3n) is 2.75. The molecule has 0 aliphatic heterocycles. The van der Waals surface area contributed by atoms with E-state index in [0.29, 0.717) is 12.2 Å². The molecular formula is C13H15F2N3O2. The van der Waals surface area contributed by atoms with Crippen molar-refractivity contribution in [2.45, 2.75) is 13.2 Å². The van der Waals surface area contributed by atoms with Gasteiger partial charge in [-0.05, 0) is 12.1 Å². The molecule has 0 saturated heterocycles. The van der Waals surface area contributed by atoms with Crippen LogP contribution in [0.4, 0.5) is 14.5 Å². The number of aryl methyl sites for hydroxylation is 1. The first-order valence-electron chi connectivity index (χ1n) is 5.93. The largest absolute Gasteiger partial charge is 0.493 e. The molecule has 7 heteroatoms. The van der Waals surface area contributed by atoms with Crippen LogP contribution in [0.3, 0.4) is 0 Å². The molecule has 2 aromatic rings. The molecule has 0 radical (unpaired) electrons. The van der Waals surface area contributed by atoms with E-state index in [0.717, 1.165) is 5.82 Å². The summed E-state index contributed by atoms with van der Waals surface area (Å²) in [5.74, 6) is 1.08. The van der Waals surface area contributed by atoms with Crippen LogP contribution in [-0.4, -0.2) is 23.3 Å². The van der Waals surface area contributed by atoms with Crippen molar-refractivity contribution in [2.75, 3.05) is 12.4 Å². The molecule has 0 atom stereocenters. The van der Waals surface area contributed by atoms with Crippen LogP contribution < -0.4 is 14.8 Å². The van der Waals surface area contributed by atoms with Gasteiger partial charge >= 0.3 is 6.61 Å². The van der Waals surface area contributed by atoms with E-state index in [4.69, 9.17) is 4.74 Å². The quantitative estimate of drug-likeness (QED) is 0.885. The van der Waals surface area contributed by atoms with E-state index >= 15 is 0 Å². The second kappa shape index (κ2) is 6.23. The monoisotopic (exact) mass is 283 g/mol. The normalized spacial score (nSPS) is 10.7. The number of hydrogen-bond acceptors (Lipinski definition) is 4. The first-order valence-corrected chi connectivity index (χ1v) is 5.93. The van der Waals surface area contributed by atoms with Crippen molar-refractivity contribution in [3.05, 3.63) is 36.4 Å². The highest BCUT2D eigenvalue weighted by Gasteiger charge is 2.11. The van der Waals surface area contributed by atoms with Crippen LogP contribution in [0.15, 0.2) is 30.6 Å². The molecule has 0 aliphatic rings. The fourth-order valence-corrected chi connectivity index (χ4v) is 1.72. The third-order valence-corrected chi connectivity index (χ3v) is 2.75. The van der Waals surface area contributed by atoms with E-state index in [-0.39, 0.29) is 11.5 Å². The van der Waals surface area contributed by atoms with Gasteiger partial charge in [-0.2, -0.15) is 8.78 Å². The van der Waals surface area contributed by atoms with Crippen molar-refractivity contribution in [1.29, 1.82) is 0 Å². The summed E-state index contributed by atoms with van der Waals surface area (Å²) in [5.41, 5.74) is 0.643. The molecule has 20 heavy (non-hydrogen) atoms. The third kappa shape index (κ3) is 3.37. The Morgan fingerprint density at radius 2 is 2.15 bits per heavy atom. The predicted octanol–water partition coefficient (Wildman–Crippen LogP) is 2.64. The molecule has 0 bridgehead atoms. The zero-order chi connectivity index (χ0) is 14.5. The van der Waals surface area contributed by atoms with Crippen LogP contribution in [0, 0.1) is 0 Å². The number of alkyl halides is 2. The molecule has 0 aliphatic carbocycles. The van der Waals surface area contributed by atoms with Gasteiger partial charge in [0, 0.05) is 31.2 Å². The van der Waals surface area contributed by atoms with Crippen LogP contribution in [0.2, 0.25) is 0 Å². The molecule has 0 fully saturated rings. The van der Waals surface area contributed by atoms with Gasteiger partial charge in [0.05, 0.1) is 13.7 Å². The molecule has 0 saturated carbocycles. The maximum Gasteiger partial charge on any atom is 0.387 e. The second-order valence-electron chi connectivity index (χ2n) is 4.05. The lowest BCUT2D eigenvalue weighted by atomic mass is 10.2. The Kier molecular flexibility index (Phi) is 4.39. The molecule has 1 heterocycles. The van der Waals surface area contributed by atoms with Crippen LogP contribution in [-0.2, 0) is 13.6 Å². The Balaban J connectivity index is 2.10. The number of benzene rings is 1. The summed E-state index contributed by atoms with van der Waals surface area (Å²) >= 11 is 0. The zero-order valence-corrected chi connectivity index (χ0v) is 11.1. The number of nitrogens with one attached hydrogen (secondary N) is 1. The average Bonchev–Trinajstić information content (AvgIpc) is 2.81. The van der Waals surface area contributed by atoms with Gasteiger partial charge in [-0.3, -0.25) is 0 Å². The summed E-state index contributed by atoms with van der Waals surface area (Å²) in [6.45, 7) is -2.42. The fourth-order valence-electron chi connectivity index (χ4n) is 1.72. The number of imidazole rings is 1. The highest BCUT2D eigenvalue weighted by atomic mass is 19.3. The lowest BCUT2D eigenvalue weighted by molar-refractivity contribution is -0.0511. The molecule has 5 nitrogen and oxygen atoms in total. The van der Waals surface area contributed by atoms with Gasteiger partial charge in [0.15, 0.2) is 11.5 Å². The first-order chi connectivity index (χ1) is 9.60. The van der Waals surface area contributed by atoms with Gasteiger partial charge in [0.2, 0.25) is 0 Å². The molecule has 0 spiro atoms. The fraction of sp³-hybridized carbons (Fsp3) is 0.308. The highest BCUT2D eigenvalue weighted by molar-refractivity contribution is 5.54. The first kappa shape index (κ1) is 14.1. The SMILES string of the molecule is COc1ccc(NCc2nccn2C)cc1OC(F)F. The lowest BCUT2D eigenvalue weighted by Gasteiger charge is -2.12. The van der Waals surface area contributed by atoms with Crippen molar-refractivity contribution in [3.63, 3.8) is 0 Å². The molecule has 2 rings (SSSR count).